The first kappa shape index (κ1) is 11.7. The maximum Gasteiger partial charge on any atom is 0.140 e. The maximum atomic E-state index is 8.55. The van der Waals surface area contributed by atoms with Crippen LogP contribution < -0.4 is 10.6 Å². The molecule has 5 heteroatoms. The first-order valence-electron chi connectivity index (χ1n) is 5.87. The third kappa shape index (κ3) is 3.09. The lowest BCUT2D eigenvalue weighted by Crippen LogP contribution is -2.30. The molecule has 5 nitrogen and oxygen atoms in total. The molecule has 1 heterocycles. The molecular formula is C12H18N4O. The van der Waals surface area contributed by atoms with Crippen LogP contribution in [0.25, 0.3) is 0 Å². The van der Waals surface area contributed by atoms with Crippen LogP contribution in [-0.4, -0.2) is 28.6 Å². The average Bonchev–Trinajstić information content (AvgIpc) is 3.13. The highest BCUT2D eigenvalue weighted by atomic mass is 16.4. The second-order valence-electron chi connectivity index (χ2n) is 4.40. The molecular weight excluding hydrogens is 216 g/mol. The van der Waals surface area contributed by atoms with Crippen LogP contribution in [0.1, 0.15) is 25.0 Å². The molecule has 1 aliphatic carbocycles. The molecule has 0 spiro atoms. The number of hydrogen-bond acceptors (Lipinski definition) is 4. The quantitative estimate of drug-likeness (QED) is 0.350. The zero-order valence-corrected chi connectivity index (χ0v) is 10.0. The Kier molecular flexibility index (Phi) is 3.46. The zero-order chi connectivity index (χ0) is 12.3. The molecule has 0 aromatic carbocycles. The summed E-state index contributed by atoms with van der Waals surface area (Å²) in [5, 5.41) is 11.5. The maximum absolute atomic E-state index is 8.55. The number of nitrogens with zero attached hydrogens (tertiary/aromatic N) is 3. The van der Waals surface area contributed by atoms with Gasteiger partial charge < -0.3 is 15.8 Å². The van der Waals surface area contributed by atoms with Gasteiger partial charge in [0.1, 0.15) is 11.7 Å². The largest absolute Gasteiger partial charge is 0.409 e. The standard InChI is InChI=1S/C12H18N4O/c1-9-3-2-4-12(14-9)16(10-5-6-10)8-7-11(13)15-17/h2-4,10,17H,5-8H2,1H3,(H2,13,15). The summed E-state index contributed by atoms with van der Waals surface area (Å²) in [5.74, 6) is 1.25. The van der Waals surface area contributed by atoms with Crippen LogP contribution in [0.15, 0.2) is 23.4 Å². The van der Waals surface area contributed by atoms with Gasteiger partial charge in [-0.15, -0.1) is 0 Å². The summed E-state index contributed by atoms with van der Waals surface area (Å²) in [6, 6.07) is 6.57. The van der Waals surface area contributed by atoms with Gasteiger partial charge in [0.05, 0.1) is 0 Å². The number of aromatic nitrogens is 1. The van der Waals surface area contributed by atoms with E-state index in [9.17, 15) is 0 Å². The van der Waals surface area contributed by atoms with Crippen LogP contribution in [0.4, 0.5) is 5.82 Å². The zero-order valence-electron chi connectivity index (χ0n) is 10.0. The van der Waals surface area contributed by atoms with Gasteiger partial charge in [-0.05, 0) is 31.9 Å². The van der Waals surface area contributed by atoms with Crippen molar-refractivity contribution in [2.75, 3.05) is 11.4 Å². The molecule has 0 atom stereocenters. The van der Waals surface area contributed by atoms with E-state index in [2.05, 4.69) is 15.0 Å². The molecule has 0 aliphatic heterocycles. The van der Waals surface area contributed by atoms with E-state index in [1.54, 1.807) is 0 Å². The van der Waals surface area contributed by atoms with E-state index in [0.29, 0.717) is 12.5 Å². The van der Waals surface area contributed by atoms with E-state index in [1.807, 2.05) is 25.1 Å². The Balaban J connectivity index is 2.07. The lowest BCUT2D eigenvalue weighted by Gasteiger charge is -2.23. The molecule has 17 heavy (non-hydrogen) atoms. The predicted molar refractivity (Wildman–Crippen MR) is 67.4 cm³/mol. The fourth-order valence-electron chi connectivity index (χ4n) is 1.84. The van der Waals surface area contributed by atoms with Crippen molar-refractivity contribution < 1.29 is 5.21 Å². The Bertz CT molecular complexity index is 415. The van der Waals surface area contributed by atoms with E-state index in [4.69, 9.17) is 10.9 Å². The highest BCUT2D eigenvalue weighted by Gasteiger charge is 2.29. The molecule has 1 aromatic rings. The fourth-order valence-corrected chi connectivity index (χ4v) is 1.84. The molecule has 0 saturated heterocycles. The number of amidine groups is 1. The van der Waals surface area contributed by atoms with Crippen LogP contribution in [0.3, 0.4) is 0 Å². The van der Waals surface area contributed by atoms with Gasteiger partial charge in [0, 0.05) is 24.7 Å². The average molecular weight is 234 g/mol. The molecule has 0 amide bonds. The summed E-state index contributed by atoms with van der Waals surface area (Å²) >= 11 is 0. The molecule has 1 fully saturated rings. The van der Waals surface area contributed by atoms with Gasteiger partial charge in [0.15, 0.2) is 0 Å². The molecule has 0 bridgehead atoms. The van der Waals surface area contributed by atoms with E-state index < -0.39 is 0 Å². The minimum atomic E-state index is 0.267. The molecule has 1 saturated carbocycles. The number of hydrogen-bond donors (Lipinski definition) is 2. The Morgan fingerprint density at radius 3 is 2.94 bits per heavy atom. The SMILES string of the molecule is Cc1cccc(N(CCC(N)=NO)C2CC2)n1. The first-order chi connectivity index (χ1) is 8.20. The third-order valence-corrected chi connectivity index (χ3v) is 2.89. The highest BCUT2D eigenvalue weighted by Crippen LogP contribution is 2.30. The van der Waals surface area contributed by atoms with Gasteiger partial charge in [0.2, 0.25) is 0 Å². The number of rotatable bonds is 5. The number of oxime groups is 1. The van der Waals surface area contributed by atoms with Crippen LogP contribution >= 0.6 is 0 Å². The molecule has 3 N–H and O–H groups in total. The minimum Gasteiger partial charge on any atom is -0.409 e. The van der Waals surface area contributed by atoms with Crippen molar-refractivity contribution in [2.45, 2.75) is 32.2 Å². The Labute approximate surface area is 101 Å². The van der Waals surface area contributed by atoms with Crippen molar-refractivity contribution in [3.8, 4) is 0 Å². The summed E-state index contributed by atoms with van der Waals surface area (Å²) in [6.45, 7) is 2.73. The van der Waals surface area contributed by atoms with Gasteiger partial charge in [-0.3, -0.25) is 0 Å². The van der Waals surface area contributed by atoms with Crippen LogP contribution in [-0.2, 0) is 0 Å². The fraction of sp³-hybridized carbons (Fsp3) is 0.500. The second-order valence-corrected chi connectivity index (χ2v) is 4.40. The van der Waals surface area contributed by atoms with Crippen molar-refractivity contribution in [3.05, 3.63) is 23.9 Å². The van der Waals surface area contributed by atoms with Gasteiger partial charge in [-0.2, -0.15) is 0 Å². The van der Waals surface area contributed by atoms with Gasteiger partial charge >= 0.3 is 0 Å². The highest BCUT2D eigenvalue weighted by molar-refractivity contribution is 5.80. The molecule has 0 radical (unpaired) electrons. The normalized spacial score (nSPS) is 15.9. The van der Waals surface area contributed by atoms with Gasteiger partial charge in [-0.25, -0.2) is 4.98 Å². The topological polar surface area (TPSA) is 74.7 Å². The molecule has 1 aliphatic rings. The van der Waals surface area contributed by atoms with E-state index >= 15 is 0 Å². The summed E-state index contributed by atoms with van der Waals surface area (Å²) in [6.07, 6.45) is 2.96. The number of nitrogens with two attached hydrogens (primary N) is 1. The second kappa shape index (κ2) is 5.03. The summed E-state index contributed by atoms with van der Waals surface area (Å²) in [7, 11) is 0. The van der Waals surface area contributed by atoms with Crippen molar-refractivity contribution >= 4 is 11.7 Å². The molecule has 0 unspecified atom stereocenters. The number of pyridine rings is 1. The Morgan fingerprint density at radius 1 is 1.59 bits per heavy atom. The molecule has 1 aromatic heterocycles. The van der Waals surface area contributed by atoms with Crippen molar-refractivity contribution in [1.29, 1.82) is 0 Å². The smallest absolute Gasteiger partial charge is 0.140 e. The van der Waals surface area contributed by atoms with E-state index in [-0.39, 0.29) is 5.84 Å². The lowest BCUT2D eigenvalue weighted by atomic mass is 10.3. The van der Waals surface area contributed by atoms with Crippen molar-refractivity contribution in [2.24, 2.45) is 10.9 Å². The monoisotopic (exact) mass is 234 g/mol. The predicted octanol–water partition coefficient (Wildman–Crippen LogP) is 1.50. The minimum absolute atomic E-state index is 0.267. The van der Waals surface area contributed by atoms with Crippen LogP contribution in [0.5, 0.6) is 0 Å². The summed E-state index contributed by atoms with van der Waals surface area (Å²) < 4.78 is 0. The Hall–Kier alpha value is -1.78. The van der Waals surface area contributed by atoms with Crippen LogP contribution in [0, 0.1) is 6.92 Å². The third-order valence-electron chi connectivity index (χ3n) is 2.89. The molecule has 2 rings (SSSR count). The van der Waals surface area contributed by atoms with Crippen molar-refractivity contribution in [3.63, 3.8) is 0 Å². The molecule has 92 valence electrons. The summed E-state index contributed by atoms with van der Waals surface area (Å²) in [4.78, 5) is 6.76. The lowest BCUT2D eigenvalue weighted by molar-refractivity contribution is 0.317. The van der Waals surface area contributed by atoms with E-state index in [0.717, 1.165) is 18.1 Å². The van der Waals surface area contributed by atoms with E-state index in [1.165, 1.54) is 12.8 Å². The number of anilines is 1. The van der Waals surface area contributed by atoms with Crippen LogP contribution in [0.2, 0.25) is 0 Å². The Morgan fingerprint density at radius 2 is 2.35 bits per heavy atom. The number of aryl methyl sites for hydroxylation is 1. The first-order valence-corrected chi connectivity index (χ1v) is 5.87. The summed E-state index contributed by atoms with van der Waals surface area (Å²) in [5.41, 5.74) is 6.51. The van der Waals surface area contributed by atoms with Crippen molar-refractivity contribution in [1.82, 2.24) is 4.98 Å². The van der Waals surface area contributed by atoms with Gasteiger partial charge in [0.25, 0.3) is 0 Å². The van der Waals surface area contributed by atoms with Gasteiger partial charge in [-0.1, -0.05) is 11.2 Å².